The summed E-state index contributed by atoms with van der Waals surface area (Å²) in [6.07, 6.45) is 0.838. The molecule has 31 heavy (non-hydrogen) atoms. The molecule has 0 aliphatic carbocycles. The Balaban J connectivity index is 1.61. The molecule has 3 aromatic carbocycles. The smallest absolute Gasteiger partial charge is 0.265 e. The predicted octanol–water partition coefficient (Wildman–Crippen LogP) is 3.75. The molecule has 0 bridgehead atoms. The minimum Gasteiger partial charge on any atom is -0.497 e. The van der Waals surface area contributed by atoms with Crippen LogP contribution >= 0.6 is 0 Å². The Morgan fingerprint density at radius 3 is 2.39 bits per heavy atom. The van der Waals surface area contributed by atoms with Gasteiger partial charge in [-0.1, -0.05) is 43.3 Å². The van der Waals surface area contributed by atoms with Gasteiger partial charge in [0.05, 0.1) is 17.7 Å². The van der Waals surface area contributed by atoms with Gasteiger partial charge in [0.1, 0.15) is 12.3 Å². The Kier molecular flexibility index (Phi) is 5.69. The molecule has 0 radical (unpaired) electrons. The molecule has 0 aromatic heterocycles. The van der Waals surface area contributed by atoms with E-state index < -0.39 is 10.0 Å². The Morgan fingerprint density at radius 2 is 1.68 bits per heavy atom. The van der Waals surface area contributed by atoms with E-state index in [1.54, 1.807) is 25.3 Å². The lowest BCUT2D eigenvalue weighted by atomic mass is 9.99. The van der Waals surface area contributed by atoms with Crippen LogP contribution in [0, 0.1) is 0 Å². The van der Waals surface area contributed by atoms with Crippen molar-refractivity contribution in [2.45, 2.75) is 24.8 Å². The molecule has 0 unspecified atom stereocenters. The van der Waals surface area contributed by atoms with Crippen LogP contribution in [0.5, 0.6) is 5.75 Å². The first kappa shape index (κ1) is 20.9. The van der Waals surface area contributed by atoms with E-state index >= 15 is 0 Å². The molecule has 0 spiro atoms. The number of amides is 1. The van der Waals surface area contributed by atoms with Crippen LogP contribution in [0.1, 0.15) is 18.1 Å². The summed E-state index contributed by atoms with van der Waals surface area (Å²) < 4.78 is 33.0. The second-order valence-electron chi connectivity index (χ2n) is 7.34. The number of hydrogen-bond acceptors (Lipinski definition) is 4. The van der Waals surface area contributed by atoms with Gasteiger partial charge in [-0.05, 0) is 47.9 Å². The first-order valence-electron chi connectivity index (χ1n) is 10.1. The molecule has 1 N–H and O–H groups in total. The summed E-state index contributed by atoms with van der Waals surface area (Å²) in [4.78, 5) is 12.9. The maximum absolute atomic E-state index is 13.3. The second-order valence-corrected chi connectivity index (χ2v) is 9.17. The normalized spacial score (nSPS) is 13.8. The minimum atomic E-state index is -3.85. The van der Waals surface area contributed by atoms with Crippen molar-refractivity contribution in [2.75, 3.05) is 18.0 Å². The van der Waals surface area contributed by atoms with E-state index in [2.05, 4.69) is 12.2 Å². The van der Waals surface area contributed by atoms with Crippen LogP contribution in [0.3, 0.4) is 0 Å². The summed E-state index contributed by atoms with van der Waals surface area (Å²) in [5.74, 6) is 0.362. The van der Waals surface area contributed by atoms with Gasteiger partial charge in [0.15, 0.2) is 0 Å². The van der Waals surface area contributed by atoms with Crippen LogP contribution in [0.25, 0.3) is 11.1 Å². The maximum Gasteiger partial charge on any atom is 0.265 e. The molecule has 1 heterocycles. The van der Waals surface area contributed by atoms with Gasteiger partial charge in [-0.2, -0.15) is 0 Å². The van der Waals surface area contributed by atoms with Gasteiger partial charge >= 0.3 is 0 Å². The van der Waals surface area contributed by atoms with E-state index in [4.69, 9.17) is 4.74 Å². The fourth-order valence-corrected chi connectivity index (χ4v) is 5.35. The van der Waals surface area contributed by atoms with Crippen LogP contribution in [0.4, 0.5) is 5.69 Å². The Morgan fingerprint density at radius 1 is 0.968 bits per heavy atom. The predicted molar refractivity (Wildman–Crippen MR) is 121 cm³/mol. The number of sulfonamides is 1. The highest BCUT2D eigenvalue weighted by Gasteiger charge is 2.35. The summed E-state index contributed by atoms with van der Waals surface area (Å²) in [7, 11) is -2.25. The van der Waals surface area contributed by atoms with Crippen LogP contribution in [0.15, 0.2) is 71.6 Å². The molecule has 3 aromatic rings. The molecular weight excluding hydrogens is 412 g/mol. The monoisotopic (exact) mass is 436 g/mol. The molecule has 6 nitrogen and oxygen atoms in total. The third-order valence-corrected chi connectivity index (χ3v) is 7.24. The third-order valence-electron chi connectivity index (χ3n) is 5.42. The largest absolute Gasteiger partial charge is 0.497 e. The average Bonchev–Trinajstić information content (AvgIpc) is 2.80. The maximum atomic E-state index is 13.3. The zero-order valence-electron chi connectivity index (χ0n) is 17.5. The van der Waals surface area contributed by atoms with Gasteiger partial charge < -0.3 is 10.1 Å². The van der Waals surface area contributed by atoms with Crippen LogP contribution in [0.2, 0.25) is 0 Å². The molecule has 1 aliphatic heterocycles. The number of rotatable bonds is 6. The number of carbonyl (C=O) groups excluding carboxylic acids is 1. The van der Waals surface area contributed by atoms with Crippen molar-refractivity contribution >= 4 is 21.6 Å². The molecular formula is C24H24N2O4S. The Bertz CT molecular complexity index is 1220. The van der Waals surface area contributed by atoms with Crippen molar-refractivity contribution in [1.29, 1.82) is 0 Å². The molecule has 7 heteroatoms. The number of ether oxygens (including phenoxy) is 1. The lowest BCUT2D eigenvalue weighted by Crippen LogP contribution is -2.42. The number of aryl methyl sites for hydroxylation is 1. The van der Waals surface area contributed by atoms with Crippen molar-refractivity contribution in [3.63, 3.8) is 0 Å². The fraction of sp³-hybridized carbons (Fsp3) is 0.208. The number of hydrogen-bond donors (Lipinski definition) is 1. The third kappa shape index (κ3) is 4.01. The van der Waals surface area contributed by atoms with Gasteiger partial charge in [0.2, 0.25) is 5.91 Å². The average molecular weight is 437 g/mol. The van der Waals surface area contributed by atoms with Crippen molar-refractivity contribution in [3.8, 4) is 16.9 Å². The number of nitrogens with one attached hydrogen (secondary N) is 1. The molecule has 0 saturated heterocycles. The van der Waals surface area contributed by atoms with Crippen molar-refractivity contribution in [3.05, 3.63) is 77.9 Å². The summed E-state index contributed by atoms with van der Waals surface area (Å²) in [6.45, 7) is 2.07. The second kappa shape index (κ2) is 8.43. The fourth-order valence-electron chi connectivity index (χ4n) is 3.70. The van der Waals surface area contributed by atoms with Crippen LogP contribution in [-0.4, -0.2) is 28.0 Å². The quantitative estimate of drug-likeness (QED) is 0.639. The van der Waals surface area contributed by atoms with Crippen molar-refractivity contribution in [2.24, 2.45) is 0 Å². The van der Waals surface area contributed by atoms with E-state index in [1.807, 2.05) is 48.5 Å². The Hall–Kier alpha value is -3.32. The molecule has 0 atom stereocenters. The summed E-state index contributed by atoms with van der Waals surface area (Å²) in [6, 6.07) is 20.0. The van der Waals surface area contributed by atoms with Gasteiger partial charge in [0.25, 0.3) is 10.0 Å². The topological polar surface area (TPSA) is 75.7 Å². The van der Waals surface area contributed by atoms with E-state index in [0.29, 0.717) is 17.8 Å². The van der Waals surface area contributed by atoms with Gasteiger partial charge in [0, 0.05) is 17.7 Å². The highest BCUT2D eigenvalue weighted by Crippen LogP contribution is 2.43. The summed E-state index contributed by atoms with van der Waals surface area (Å²) in [5, 5.41) is 2.81. The van der Waals surface area contributed by atoms with E-state index in [9.17, 15) is 13.2 Å². The zero-order valence-corrected chi connectivity index (χ0v) is 18.3. The number of methoxy groups -OCH3 is 1. The molecule has 4 rings (SSSR count). The summed E-state index contributed by atoms with van der Waals surface area (Å²) in [5.41, 5.74) is 4.02. The first-order chi connectivity index (χ1) is 14.9. The van der Waals surface area contributed by atoms with Gasteiger partial charge in [-0.15, -0.1) is 0 Å². The van der Waals surface area contributed by atoms with Crippen molar-refractivity contribution in [1.82, 2.24) is 5.32 Å². The highest BCUT2D eigenvalue weighted by molar-refractivity contribution is 7.93. The molecule has 0 fully saturated rings. The van der Waals surface area contributed by atoms with Crippen LogP contribution < -0.4 is 14.4 Å². The standard InChI is InChI=1S/C24H24N2O4S/c1-3-17-10-13-22-21(14-17)20-6-4-5-7-23(20)31(28,29)26(22)16-24(27)25-15-18-8-11-19(30-2)12-9-18/h4-14H,3,15-16H2,1-2H3,(H,25,27). The number of carbonyl (C=O) groups is 1. The van der Waals surface area contributed by atoms with E-state index in [-0.39, 0.29) is 17.3 Å². The van der Waals surface area contributed by atoms with E-state index in [1.165, 1.54) is 4.31 Å². The van der Waals surface area contributed by atoms with E-state index in [0.717, 1.165) is 28.9 Å². The van der Waals surface area contributed by atoms with Gasteiger partial charge in [-0.25, -0.2) is 8.42 Å². The molecule has 0 saturated carbocycles. The number of anilines is 1. The highest BCUT2D eigenvalue weighted by atomic mass is 32.2. The first-order valence-corrected chi connectivity index (χ1v) is 11.5. The molecule has 1 aliphatic rings. The Labute approximate surface area is 182 Å². The minimum absolute atomic E-state index is 0.221. The van der Waals surface area contributed by atoms with Crippen molar-refractivity contribution < 1.29 is 17.9 Å². The molecule has 1 amide bonds. The lowest BCUT2D eigenvalue weighted by Gasteiger charge is -2.32. The van der Waals surface area contributed by atoms with Gasteiger partial charge in [-0.3, -0.25) is 9.10 Å². The molecule has 160 valence electrons. The number of benzene rings is 3. The summed E-state index contributed by atoms with van der Waals surface area (Å²) >= 11 is 0. The lowest BCUT2D eigenvalue weighted by molar-refractivity contribution is -0.119. The SMILES string of the molecule is CCc1ccc2c(c1)-c1ccccc1S(=O)(=O)N2CC(=O)NCc1ccc(OC)cc1. The number of fused-ring (bicyclic) bond motifs is 3. The number of nitrogens with zero attached hydrogens (tertiary/aromatic N) is 1. The van der Waals surface area contributed by atoms with Crippen LogP contribution in [-0.2, 0) is 27.8 Å². The zero-order chi connectivity index (χ0) is 22.0.